The largest absolute Gasteiger partial charge is 0.393 e. The SMILES string of the molecule is CC(C)CCC[C@]1(C)CC[C@]2(C)C(=CC[C@@H]3[C@@]4(C)CC[C@H](O)C(C)(C)C4CC[C@]32C)C1. The standard InChI is InChI=1S/C30H52O/c1-21(2)10-9-15-27(5)18-19-29(7)22(20-27)11-12-24-28(6)16-14-25(31)26(3,4)23(28)13-17-30(24,29)8/h11,21,23-25,31H,9-10,12-20H2,1-8H3/t23?,24-,25+,27-,28+,29-,30-/m1/s1. The highest BCUT2D eigenvalue weighted by Gasteiger charge is 2.66. The van der Waals surface area contributed by atoms with Crippen LogP contribution in [-0.2, 0) is 0 Å². The number of hydrogen-bond acceptors (Lipinski definition) is 1. The smallest absolute Gasteiger partial charge is 0.0594 e. The van der Waals surface area contributed by atoms with Gasteiger partial charge in [0.1, 0.15) is 0 Å². The van der Waals surface area contributed by atoms with Crippen LogP contribution < -0.4 is 0 Å². The molecule has 0 bridgehead atoms. The summed E-state index contributed by atoms with van der Waals surface area (Å²) >= 11 is 0. The van der Waals surface area contributed by atoms with Crippen LogP contribution in [-0.4, -0.2) is 11.2 Å². The van der Waals surface area contributed by atoms with Crippen molar-refractivity contribution in [3.8, 4) is 0 Å². The number of allylic oxidation sites excluding steroid dienone is 2. The zero-order valence-electron chi connectivity index (χ0n) is 22.1. The Morgan fingerprint density at radius 3 is 2.32 bits per heavy atom. The van der Waals surface area contributed by atoms with Crippen LogP contribution in [0.15, 0.2) is 11.6 Å². The van der Waals surface area contributed by atoms with Gasteiger partial charge in [-0.2, -0.15) is 0 Å². The first-order valence-electron chi connectivity index (χ1n) is 13.7. The number of aliphatic hydroxyl groups excluding tert-OH is 1. The molecular weight excluding hydrogens is 376 g/mol. The van der Waals surface area contributed by atoms with E-state index in [0.29, 0.717) is 27.6 Å². The maximum absolute atomic E-state index is 10.8. The summed E-state index contributed by atoms with van der Waals surface area (Å²) < 4.78 is 0. The molecule has 4 aliphatic rings. The lowest BCUT2D eigenvalue weighted by atomic mass is 9.35. The zero-order chi connectivity index (χ0) is 22.9. The second-order valence-corrected chi connectivity index (χ2v) is 14.5. The van der Waals surface area contributed by atoms with Crippen molar-refractivity contribution in [3.63, 3.8) is 0 Å². The molecule has 0 radical (unpaired) electrons. The van der Waals surface area contributed by atoms with Crippen molar-refractivity contribution in [2.45, 2.75) is 132 Å². The van der Waals surface area contributed by atoms with Gasteiger partial charge in [0.2, 0.25) is 0 Å². The maximum Gasteiger partial charge on any atom is 0.0594 e. The van der Waals surface area contributed by atoms with E-state index in [1.807, 2.05) is 5.57 Å². The minimum Gasteiger partial charge on any atom is -0.393 e. The van der Waals surface area contributed by atoms with Gasteiger partial charge in [0, 0.05) is 0 Å². The molecule has 4 aliphatic carbocycles. The summed E-state index contributed by atoms with van der Waals surface area (Å²) in [4.78, 5) is 0. The van der Waals surface area contributed by atoms with E-state index in [-0.39, 0.29) is 11.5 Å². The quantitative estimate of drug-likeness (QED) is 0.445. The molecule has 7 atom stereocenters. The van der Waals surface area contributed by atoms with E-state index in [2.05, 4.69) is 61.5 Å². The third kappa shape index (κ3) is 3.50. The van der Waals surface area contributed by atoms with Gasteiger partial charge in [-0.15, -0.1) is 0 Å². The summed E-state index contributed by atoms with van der Waals surface area (Å²) in [6.45, 7) is 20.0. The van der Waals surface area contributed by atoms with E-state index in [0.717, 1.165) is 18.3 Å². The number of fused-ring (bicyclic) bond motifs is 5. The molecule has 4 rings (SSSR count). The molecule has 1 heteroatoms. The Labute approximate surface area is 193 Å². The first-order chi connectivity index (χ1) is 14.3. The predicted molar refractivity (Wildman–Crippen MR) is 133 cm³/mol. The number of aliphatic hydroxyl groups is 1. The third-order valence-corrected chi connectivity index (χ3v) is 12.0. The zero-order valence-corrected chi connectivity index (χ0v) is 22.1. The first-order valence-corrected chi connectivity index (χ1v) is 13.7. The maximum atomic E-state index is 10.8. The van der Waals surface area contributed by atoms with E-state index in [9.17, 15) is 5.11 Å². The molecule has 178 valence electrons. The van der Waals surface area contributed by atoms with Crippen LogP contribution in [0, 0.1) is 44.8 Å². The van der Waals surface area contributed by atoms with Crippen LogP contribution in [0.4, 0.5) is 0 Å². The Kier molecular flexibility index (Phi) is 5.85. The molecule has 0 aromatic heterocycles. The Morgan fingerprint density at radius 1 is 0.935 bits per heavy atom. The van der Waals surface area contributed by atoms with E-state index < -0.39 is 0 Å². The van der Waals surface area contributed by atoms with Gasteiger partial charge >= 0.3 is 0 Å². The summed E-state index contributed by atoms with van der Waals surface area (Å²) in [6, 6.07) is 0. The molecule has 3 fully saturated rings. The fourth-order valence-electron chi connectivity index (χ4n) is 9.55. The van der Waals surface area contributed by atoms with Crippen LogP contribution >= 0.6 is 0 Å². The second-order valence-electron chi connectivity index (χ2n) is 14.5. The fourth-order valence-corrected chi connectivity index (χ4v) is 9.55. The lowest BCUT2D eigenvalue weighted by Crippen LogP contribution is -2.63. The Hall–Kier alpha value is -0.300. The van der Waals surface area contributed by atoms with Crippen molar-refractivity contribution in [3.05, 3.63) is 11.6 Å². The van der Waals surface area contributed by atoms with Crippen LogP contribution in [0.5, 0.6) is 0 Å². The molecule has 31 heavy (non-hydrogen) atoms. The average Bonchev–Trinajstić information content (AvgIpc) is 2.66. The molecule has 1 N–H and O–H groups in total. The molecule has 1 unspecified atom stereocenters. The van der Waals surface area contributed by atoms with Crippen molar-refractivity contribution in [1.82, 2.24) is 0 Å². The van der Waals surface area contributed by atoms with Gasteiger partial charge in [-0.3, -0.25) is 0 Å². The van der Waals surface area contributed by atoms with Crippen LogP contribution in [0.25, 0.3) is 0 Å². The Balaban J connectivity index is 1.61. The van der Waals surface area contributed by atoms with E-state index in [4.69, 9.17) is 0 Å². The van der Waals surface area contributed by atoms with Crippen molar-refractivity contribution < 1.29 is 5.11 Å². The molecule has 1 nitrogen and oxygen atoms in total. The van der Waals surface area contributed by atoms with Gasteiger partial charge < -0.3 is 5.11 Å². The highest BCUT2D eigenvalue weighted by molar-refractivity contribution is 5.30. The summed E-state index contributed by atoms with van der Waals surface area (Å²) in [7, 11) is 0. The second kappa shape index (κ2) is 7.61. The number of hydrogen-bond donors (Lipinski definition) is 1. The Bertz CT molecular complexity index is 718. The van der Waals surface area contributed by atoms with Gasteiger partial charge in [0.15, 0.2) is 0 Å². The molecule has 0 saturated heterocycles. The molecule has 0 aromatic rings. The van der Waals surface area contributed by atoms with Crippen molar-refractivity contribution in [2.24, 2.45) is 44.8 Å². The minimum atomic E-state index is -0.124. The van der Waals surface area contributed by atoms with Gasteiger partial charge in [-0.1, -0.05) is 79.9 Å². The van der Waals surface area contributed by atoms with Gasteiger partial charge in [-0.05, 0) is 103 Å². The topological polar surface area (TPSA) is 20.2 Å². The van der Waals surface area contributed by atoms with E-state index >= 15 is 0 Å². The highest BCUT2D eigenvalue weighted by Crippen LogP contribution is 2.73. The number of rotatable bonds is 4. The summed E-state index contributed by atoms with van der Waals surface area (Å²) in [5.41, 5.74) is 3.56. The molecule has 3 saturated carbocycles. The molecule has 0 aromatic carbocycles. The summed E-state index contributed by atoms with van der Waals surface area (Å²) in [5, 5.41) is 10.8. The highest BCUT2D eigenvalue weighted by atomic mass is 16.3. The molecule has 0 aliphatic heterocycles. The van der Waals surface area contributed by atoms with Gasteiger partial charge in [0.05, 0.1) is 6.10 Å². The van der Waals surface area contributed by atoms with Crippen molar-refractivity contribution >= 4 is 0 Å². The van der Waals surface area contributed by atoms with Gasteiger partial charge in [0.25, 0.3) is 0 Å². The van der Waals surface area contributed by atoms with E-state index in [1.165, 1.54) is 64.2 Å². The van der Waals surface area contributed by atoms with Gasteiger partial charge in [-0.25, -0.2) is 0 Å². The predicted octanol–water partition coefficient (Wildman–Crippen LogP) is 8.56. The van der Waals surface area contributed by atoms with Crippen molar-refractivity contribution in [1.29, 1.82) is 0 Å². The summed E-state index contributed by atoms with van der Waals surface area (Å²) in [6.07, 6.45) is 17.1. The molecule has 0 amide bonds. The monoisotopic (exact) mass is 428 g/mol. The van der Waals surface area contributed by atoms with Crippen molar-refractivity contribution in [2.75, 3.05) is 0 Å². The van der Waals surface area contributed by atoms with E-state index in [1.54, 1.807) is 0 Å². The molecular formula is C30H52O. The van der Waals surface area contributed by atoms with Crippen LogP contribution in [0.2, 0.25) is 0 Å². The lowest BCUT2D eigenvalue weighted by Gasteiger charge is -2.70. The fraction of sp³-hybridized carbons (Fsp3) is 0.933. The lowest BCUT2D eigenvalue weighted by molar-refractivity contribution is -0.198. The average molecular weight is 429 g/mol. The normalized spacial score (nSPS) is 49.1. The Morgan fingerprint density at radius 2 is 1.65 bits per heavy atom. The van der Waals surface area contributed by atoms with Crippen LogP contribution in [0.1, 0.15) is 126 Å². The summed E-state index contributed by atoms with van der Waals surface area (Å²) in [5.74, 6) is 2.26. The first kappa shape index (κ1) is 23.8. The molecule has 0 spiro atoms. The molecule has 0 heterocycles. The minimum absolute atomic E-state index is 0.0563. The van der Waals surface area contributed by atoms with Crippen LogP contribution in [0.3, 0.4) is 0 Å². The third-order valence-electron chi connectivity index (χ3n) is 12.0.